The van der Waals surface area contributed by atoms with E-state index in [1.807, 2.05) is 36.4 Å². The van der Waals surface area contributed by atoms with Crippen molar-refractivity contribution in [3.05, 3.63) is 83.2 Å². The van der Waals surface area contributed by atoms with Gasteiger partial charge in [-0.05, 0) is 52.6 Å². The third-order valence-corrected chi connectivity index (χ3v) is 8.11. The Hall–Kier alpha value is -3.27. The fraction of sp³-hybridized carbons (Fsp3) is 0.269. The quantitative estimate of drug-likeness (QED) is 0.566. The van der Waals surface area contributed by atoms with Crippen molar-refractivity contribution in [3.63, 3.8) is 0 Å². The van der Waals surface area contributed by atoms with Crippen LogP contribution in [0.1, 0.15) is 21.5 Å². The standard InChI is InChI=1S/C26H25FN2O5S/c27-24-7-6-22(35(31,32)29-10-13-33-14-11-29)16-23(24)26(30)28-17-18-1-3-19(4-2-18)20-5-8-25-21(15-20)9-12-34-25/h1-8,15-16H,9-14,17H2,(H,28,30). The maximum atomic E-state index is 14.4. The van der Waals surface area contributed by atoms with Crippen LogP contribution in [0.4, 0.5) is 4.39 Å². The molecule has 9 heteroatoms. The van der Waals surface area contributed by atoms with E-state index < -0.39 is 21.7 Å². The van der Waals surface area contributed by atoms with Gasteiger partial charge in [-0.25, -0.2) is 12.8 Å². The molecule has 182 valence electrons. The molecule has 0 saturated carbocycles. The van der Waals surface area contributed by atoms with Crippen LogP contribution in [0.3, 0.4) is 0 Å². The van der Waals surface area contributed by atoms with E-state index in [-0.39, 0.29) is 30.1 Å². The zero-order chi connectivity index (χ0) is 24.4. The molecule has 2 heterocycles. The highest BCUT2D eigenvalue weighted by Crippen LogP contribution is 2.30. The molecule has 0 aromatic heterocycles. The SMILES string of the molecule is O=C(NCc1ccc(-c2ccc3c(c2)CCO3)cc1)c1cc(S(=O)(=O)N2CCOCC2)ccc1F. The lowest BCUT2D eigenvalue weighted by atomic mass is 10.0. The van der Waals surface area contributed by atoms with Crippen LogP contribution in [0.15, 0.2) is 65.6 Å². The minimum atomic E-state index is -3.84. The van der Waals surface area contributed by atoms with Gasteiger partial charge >= 0.3 is 0 Å². The maximum Gasteiger partial charge on any atom is 0.254 e. The predicted octanol–water partition coefficient (Wildman–Crippen LogP) is 3.38. The monoisotopic (exact) mass is 496 g/mol. The summed E-state index contributed by atoms with van der Waals surface area (Å²) in [7, 11) is -3.84. The molecule has 0 radical (unpaired) electrons. The largest absolute Gasteiger partial charge is 0.493 e. The number of hydrogen-bond acceptors (Lipinski definition) is 5. The zero-order valence-corrected chi connectivity index (χ0v) is 19.8. The molecule has 1 fully saturated rings. The summed E-state index contributed by atoms with van der Waals surface area (Å²) in [6.07, 6.45) is 0.902. The van der Waals surface area contributed by atoms with Gasteiger partial charge in [0, 0.05) is 26.1 Å². The molecule has 3 aromatic rings. The summed E-state index contributed by atoms with van der Waals surface area (Å²) in [6, 6.07) is 17.1. The Morgan fingerprint density at radius 1 is 0.943 bits per heavy atom. The summed E-state index contributed by atoms with van der Waals surface area (Å²) in [5.74, 6) is -0.522. The van der Waals surface area contributed by atoms with Crippen molar-refractivity contribution < 1.29 is 27.1 Å². The van der Waals surface area contributed by atoms with Crippen LogP contribution in [0.2, 0.25) is 0 Å². The lowest BCUT2D eigenvalue weighted by Crippen LogP contribution is -2.40. The van der Waals surface area contributed by atoms with Crippen LogP contribution in [-0.4, -0.2) is 51.5 Å². The van der Waals surface area contributed by atoms with E-state index in [9.17, 15) is 17.6 Å². The molecule has 1 saturated heterocycles. The normalized spacial score (nSPS) is 15.9. The van der Waals surface area contributed by atoms with Crippen molar-refractivity contribution in [2.24, 2.45) is 0 Å². The van der Waals surface area contributed by atoms with Crippen LogP contribution in [-0.2, 0) is 27.7 Å². The molecule has 0 aliphatic carbocycles. The van der Waals surface area contributed by atoms with Crippen molar-refractivity contribution >= 4 is 15.9 Å². The number of ether oxygens (including phenoxy) is 2. The van der Waals surface area contributed by atoms with Gasteiger partial charge in [0.05, 0.1) is 30.3 Å². The summed E-state index contributed by atoms with van der Waals surface area (Å²) in [5, 5.41) is 2.68. The number of rotatable bonds is 6. The van der Waals surface area contributed by atoms with Crippen LogP contribution >= 0.6 is 0 Å². The van der Waals surface area contributed by atoms with E-state index in [4.69, 9.17) is 9.47 Å². The van der Waals surface area contributed by atoms with E-state index in [0.717, 1.165) is 41.0 Å². The topological polar surface area (TPSA) is 84.9 Å². The molecule has 2 aliphatic rings. The summed E-state index contributed by atoms with van der Waals surface area (Å²) < 4.78 is 52.2. The highest BCUT2D eigenvalue weighted by Gasteiger charge is 2.28. The Morgan fingerprint density at radius 2 is 1.69 bits per heavy atom. The fourth-order valence-corrected chi connectivity index (χ4v) is 5.67. The molecule has 1 amide bonds. The average molecular weight is 497 g/mol. The third kappa shape index (κ3) is 4.93. The number of benzene rings is 3. The van der Waals surface area contributed by atoms with Gasteiger partial charge in [-0.1, -0.05) is 30.3 Å². The third-order valence-electron chi connectivity index (χ3n) is 6.22. The first kappa shape index (κ1) is 23.5. The van der Waals surface area contributed by atoms with E-state index >= 15 is 0 Å². The Labute approximate surface area is 203 Å². The minimum Gasteiger partial charge on any atom is -0.493 e. The summed E-state index contributed by atoms with van der Waals surface area (Å²) >= 11 is 0. The minimum absolute atomic E-state index is 0.116. The maximum absolute atomic E-state index is 14.4. The van der Waals surface area contributed by atoms with Crippen LogP contribution in [0.5, 0.6) is 5.75 Å². The number of hydrogen-bond donors (Lipinski definition) is 1. The van der Waals surface area contributed by atoms with Crippen molar-refractivity contribution in [1.29, 1.82) is 0 Å². The van der Waals surface area contributed by atoms with Crippen molar-refractivity contribution in [2.45, 2.75) is 17.9 Å². The molecular formula is C26H25FN2O5S. The zero-order valence-electron chi connectivity index (χ0n) is 19.0. The number of morpholine rings is 1. The highest BCUT2D eigenvalue weighted by molar-refractivity contribution is 7.89. The van der Waals surface area contributed by atoms with Gasteiger partial charge < -0.3 is 14.8 Å². The Bertz CT molecular complexity index is 1350. The predicted molar refractivity (Wildman–Crippen MR) is 128 cm³/mol. The number of carbonyl (C=O) groups excluding carboxylic acids is 1. The molecule has 5 rings (SSSR count). The summed E-state index contributed by atoms with van der Waals surface area (Å²) in [5.41, 5.74) is 3.85. The number of halogens is 1. The lowest BCUT2D eigenvalue weighted by molar-refractivity contribution is 0.0730. The van der Waals surface area contributed by atoms with Gasteiger partial charge in [-0.3, -0.25) is 4.79 Å². The van der Waals surface area contributed by atoms with Gasteiger partial charge in [0.15, 0.2) is 0 Å². The van der Waals surface area contributed by atoms with Gasteiger partial charge in [-0.15, -0.1) is 0 Å². The number of sulfonamides is 1. The van der Waals surface area contributed by atoms with E-state index in [1.54, 1.807) is 0 Å². The molecule has 35 heavy (non-hydrogen) atoms. The molecule has 0 spiro atoms. The Kier molecular flexibility index (Phi) is 6.55. The summed E-state index contributed by atoms with van der Waals surface area (Å²) in [4.78, 5) is 12.6. The van der Waals surface area contributed by atoms with Crippen molar-refractivity contribution in [3.8, 4) is 16.9 Å². The number of nitrogens with one attached hydrogen (secondary N) is 1. The second-order valence-corrected chi connectivity index (χ2v) is 10.4. The molecule has 7 nitrogen and oxygen atoms in total. The second kappa shape index (κ2) is 9.77. The van der Waals surface area contributed by atoms with Crippen LogP contribution in [0, 0.1) is 5.82 Å². The molecule has 0 unspecified atom stereocenters. The van der Waals surface area contributed by atoms with E-state index in [0.29, 0.717) is 19.8 Å². The average Bonchev–Trinajstić information content (AvgIpc) is 3.36. The van der Waals surface area contributed by atoms with Gasteiger partial charge in [0.25, 0.3) is 5.91 Å². The second-order valence-electron chi connectivity index (χ2n) is 8.46. The van der Waals surface area contributed by atoms with Gasteiger partial charge in [0.1, 0.15) is 11.6 Å². The molecule has 2 aliphatic heterocycles. The first-order valence-electron chi connectivity index (χ1n) is 11.4. The molecule has 1 N–H and O–H groups in total. The molecule has 3 aromatic carbocycles. The molecule has 0 bridgehead atoms. The smallest absolute Gasteiger partial charge is 0.254 e. The van der Waals surface area contributed by atoms with Crippen molar-refractivity contribution in [1.82, 2.24) is 9.62 Å². The molecular weight excluding hydrogens is 471 g/mol. The fourth-order valence-electron chi connectivity index (χ4n) is 4.23. The Morgan fingerprint density at radius 3 is 2.46 bits per heavy atom. The first-order valence-corrected chi connectivity index (χ1v) is 12.9. The number of carbonyl (C=O) groups is 1. The Balaban J connectivity index is 1.26. The van der Waals surface area contributed by atoms with Gasteiger partial charge in [0.2, 0.25) is 10.0 Å². The number of nitrogens with zero attached hydrogens (tertiary/aromatic N) is 1. The summed E-state index contributed by atoms with van der Waals surface area (Å²) in [6.45, 7) is 1.92. The van der Waals surface area contributed by atoms with Gasteiger partial charge in [-0.2, -0.15) is 4.31 Å². The van der Waals surface area contributed by atoms with Crippen LogP contribution < -0.4 is 10.1 Å². The number of fused-ring (bicyclic) bond motifs is 1. The highest BCUT2D eigenvalue weighted by atomic mass is 32.2. The number of amides is 1. The molecule has 0 atom stereocenters. The van der Waals surface area contributed by atoms with E-state index in [1.165, 1.54) is 15.9 Å². The van der Waals surface area contributed by atoms with Crippen molar-refractivity contribution in [2.75, 3.05) is 32.9 Å². The van der Waals surface area contributed by atoms with E-state index in [2.05, 4.69) is 11.4 Å². The lowest BCUT2D eigenvalue weighted by Gasteiger charge is -2.26. The first-order chi connectivity index (χ1) is 16.9. The van der Waals surface area contributed by atoms with Crippen LogP contribution in [0.25, 0.3) is 11.1 Å².